The van der Waals surface area contributed by atoms with Crippen molar-refractivity contribution in [2.45, 2.75) is 41.5 Å². The number of furan rings is 2. The molecular formula is C32H28O2. The van der Waals surface area contributed by atoms with Crippen molar-refractivity contribution in [3.63, 3.8) is 0 Å². The lowest BCUT2D eigenvalue weighted by molar-refractivity contribution is 0.630. The van der Waals surface area contributed by atoms with E-state index in [-0.39, 0.29) is 0 Å². The molecule has 0 saturated carbocycles. The molecule has 0 aliphatic heterocycles. The van der Waals surface area contributed by atoms with Crippen molar-refractivity contribution >= 4 is 32.7 Å². The van der Waals surface area contributed by atoms with E-state index in [4.69, 9.17) is 8.83 Å². The second-order valence-corrected chi connectivity index (χ2v) is 9.90. The fourth-order valence-corrected chi connectivity index (χ4v) is 5.71. The van der Waals surface area contributed by atoms with Crippen LogP contribution in [0.3, 0.4) is 0 Å². The first-order valence-electron chi connectivity index (χ1n) is 11.8. The van der Waals surface area contributed by atoms with Crippen LogP contribution >= 0.6 is 0 Å². The van der Waals surface area contributed by atoms with Crippen LogP contribution in [0, 0.1) is 41.5 Å². The first kappa shape index (κ1) is 20.8. The standard InChI is InChI=1S/C32H28O2/c1-17-7-19(3)31(20(4)8-17)29-15-25-11-23-14-28-26(12-24(23)13-27(25)33-29)16-30(34-28)32-21(5)9-18(2)10-22(32)6/h7-16H,1-6H3. The van der Waals surface area contributed by atoms with Gasteiger partial charge in [0.25, 0.3) is 0 Å². The molecular weight excluding hydrogens is 416 g/mol. The van der Waals surface area contributed by atoms with E-state index in [0.29, 0.717) is 0 Å². The highest BCUT2D eigenvalue weighted by molar-refractivity contribution is 6.04. The van der Waals surface area contributed by atoms with Gasteiger partial charge in [0.2, 0.25) is 0 Å². The predicted octanol–water partition coefficient (Wildman–Crippen LogP) is 9.52. The van der Waals surface area contributed by atoms with Crippen molar-refractivity contribution in [1.82, 2.24) is 0 Å². The van der Waals surface area contributed by atoms with E-state index in [1.54, 1.807) is 0 Å². The summed E-state index contributed by atoms with van der Waals surface area (Å²) in [6.07, 6.45) is 0. The molecule has 34 heavy (non-hydrogen) atoms. The summed E-state index contributed by atoms with van der Waals surface area (Å²) in [5.41, 5.74) is 11.7. The van der Waals surface area contributed by atoms with Crippen molar-refractivity contribution in [3.05, 3.63) is 94.0 Å². The molecule has 0 radical (unpaired) electrons. The van der Waals surface area contributed by atoms with Gasteiger partial charge in [-0.15, -0.1) is 0 Å². The van der Waals surface area contributed by atoms with Crippen LogP contribution in [0.1, 0.15) is 33.4 Å². The highest BCUT2D eigenvalue weighted by Gasteiger charge is 2.15. The first-order chi connectivity index (χ1) is 16.3. The zero-order valence-corrected chi connectivity index (χ0v) is 20.6. The fraction of sp³-hybridized carbons (Fsp3) is 0.188. The topological polar surface area (TPSA) is 26.3 Å². The van der Waals surface area contributed by atoms with E-state index >= 15 is 0 Å². The quantitative estimate of drug-likeness (QED) is 0.266. The molecule has 0 saturated heterocycles. The summed E-state index contributed by atoms with van der Waals surface area (Å²) in [7, 11) is 0. The van der Waals surface area contributed by atoms with Crippen LogP contribution in [-0.2, 0) is 0 Å². The second kappa shape index (κ2) is 7.36. The maximum Gasteiger partial charge on any atom is 0.135 e. The predicted molar refractivity (Wildman–Crippen MR) is 143 cm³/mol. The number of hydrogen-bond donors (Lipinski definition) is 0. The molecule has 0 spiro atoms. The molecule has 0 bridgehead atoms. The van der Waals surface area contributed by atoms with Gasteiger partial charge in [0.05, 0.1) is 0 Å². The average molecular weight is 445 g/mol. The van der Waals surface area contributed by atoms with Gasteiger partial charge in [0.15, 0.2) is 0 Å². The van der Waals surface area contributed by atoms with Crippen molar-refractivity contribution in [3.8, 4) is 22.6 Å². The molecule has 0 aliphatic carbocycles. The van der Waals surface area contributed by atoms with Crippen molar-refractivity contribution in [1.29, 1.82) is 0 Å². The number of rotatable bonds is 2. The molecule has 0 fully saturated rings. The second-order valence-electron chi connectivity index (χ2n) is 9.90. The largest absolute Gasteiger partial charge is 0.456 e. The van der Waals surface area contributed by atoms with Gasteiger partial charge in [0.1, 0.15) is 22.7 Å². The third-order valence-corrected chi connectivity index (χ3v) is 6.96. The maximum absolute atomic E-state index is 6.37. The zero-order chi connectivity index (χ0) is 23.7. The Morgan fingerprint density at radius 1 is 0.382 bits per heavy atom. The molecule has 6 aromatic rings. The molecule has 0 N–H and O–H groups in total. The van der Waals surface area contributed by atoms with Crippen LogP contribution in [0.2, 0.25) is 0 Å². The van der Waals surface area contributed by atoms with Crippen molar-refractivity contribution < 1.29 is 8.83 Å². The maximum atomic E-state index is 6.37. The Labute approximate surface area is 199 Å². The van der Waals surface area contributed by atoms with Gasteiger partial charge in [-0.3, -0.25) is 0 Å². The lowest BCUT2D eigenvalue weighted by Gasteiger charge is -2.08. The molecule has 0 atom stereocenters. The van der Waals surface area contributed by atoms with Crippen LogP contribution in [-0.4, -0.2) is 0 Å². The molecule has 2 aromatic heterocycles. The highest BCUT2D eigenvalue weighted by atomic mass is 16.3. The molecule has 4 aromatic carbocycles. The first-order valence-corrected chi connectivity index (χ1v) is 11.8. The molecule has 0 amide bonds. The number of aryl methyl sites for hydroxylation is 6. The average Bonchev–Trinajstić information content (AvgIpc) is 3.31. The third-order valence-electron chi connectivity index (χ3n) is 6.96. The molecule has 6 rings (SSSR count). The Balaban J connectivity index is 1.50. The van der Waals surface area contributed by atoms with Gasteiger partial charge in [-0.25, -0.2) is 0 Å². The Morgan fingerprint density at radius 3 is 1.09 bits per heavy atom. The van der Waals surface area contributed by atoms with E-state index in [1.807, 2.05) is 0 Å². The molecule has 2 heteroatoms. The summed E-state index contributed by atoms with van der Waals surface area (Å²) < 4.78 is 12.7. The van der Waals surface area contributed by atoms with Gasteiger partial charge in [-0.1, -0.05) is 35.4 Å². The summed E-state index contributed by atoms with van der Waals surface area (Å²) in [5.74, 6) is 1.85. The minimum Gasteiger partial charge on any atom is -0.456 e. The molecule has 2 heterocycles. The SMILES string of the molecule is Cc1cc(C)c(-c2cc3cc4cc5oc(-c6c(C)cc(C)cc6C)cc5cc4cc3o2)c(C)c1. The van der Waals surface area contributed by atoms with Crippen LogP contribution in [0.4, 0.5) is 0 Å². The van der Waals surface area contributed by atoms with E-state index in [9.17, 15) is 0 Å². The van der Waals surface area contributed by atoms with Crippen LogP contribution in [0.5, 0.6) is 0 Å². The number of fused-ring (bicyclic) bond motifs is 3. The number of benzene rings is 4. The smallest absolute Gasteiger partial charge is 0.135 e. The van der Waals surface area contributed by atoms with Crippen LogP contribution < -0.4 is 0 Å². The van der Waals surface area contributed by atoms with E-state index < -0.39 is 0 Å². The number of hydrogen-bond acceptors (Lipinski definition) is 2. The summed E-state index contributed by atoms with van der Waals surface area (Å²) in [6, 6.07) is 21.9. The van der Waals surface area contributed by atoms with Gasteiger partial charge < -0.3 is 8.83 Å². The van der Waals surface area contributed by atoms with Crippen LogP contribution in [0.25, 0.3) is 55.4 Å². The molecule has 0 aliphatic rings. The van der Waals surface area contributed by atoms with E-state index in [2.05, 4.69) is 102 Å². The lowest BCUT2D eigenvalue weighted by Crippen LogP contribution is -1.88. The Kier molecular flexibility index (Phi) is 4.50. The lowest BCUT2D eigenvalue weighted by atomic mass is 9.97. The normalized spacial score (nSPS) is 11.8. The Hall–Kier alpha value is -3.78. The highest BCUT2D eigenvalue weighted by Crippen LogP contribution is 2.38. The Morgan fingerprint density at radius 2 is 0.735 bits per heavy atom. The minimum atomic E-state index is 0.912. The minimum absolute atomic E-state index is 0.912. The molecule has 2 nitrogen and oxygen atoms in total. The van der Waals surface area contributed by atoms with Gasteiger partial charge in [-0.2, -0.15) is 0 Å². The zero-order valence-electron chi connectivity index (χ0n) is 20.6. The Bertz CT molecular complexity index is 1510. The van der Waals surface area contributed by atoms with E-state index in [0.717, 1.165) is 44.2 Å². The molecule has 0 unspecified atom stereocenters. The monoisotopic (exact) mass is 444 g/mol. The van der Waals surface area contributed by atoms with Gasteiger partial charge >= 0.3 is 0 Å². The van der Waals surface area contributed by atoms with Gasteiger partial charge in [0, 0.05) is 21.9 Å². The molecule has 168 valence electrons. The van der Waals surface area contributed by atoms with E-state index in [1.165, 1.54) is 44.5 Å². The summed E-state index contributed by atoms with van der Waals surface area (Å²) >= 11 is 0. The van der Waals surface area contributed by atoms with Crippen molar-refractivity contribution in [2.24, 2.45) is 0 Å². The fourth-order valence-electron chi connectivity index (χ4n) is 5.71. The summed E-state index contributed by atoms with van der Waals surface area (Å²) in [5, 5.41) is 4.53. The van der Waals surface area contributed by atoms with Gasteiger partial charge in [-0.05, 0) is 111 Å². The summed E-state index contributed by atoms with van der Waals surface area (Å²) in [6.45, 7) is 12.9. The summed E-state index contributed by atoms with van der Waals surface area (Å²) in [4.78, 5) is 0. The van der Waals surface area contributed by atoms with Crippen LogP contribution in [0.15, 0.2) is 69.5 Å². The van der Waals surface area contributed by atoms with Crippen molar-refractivity contribution in [2.75, 3.05) is 0 Å². The third kappa shape index (κ3) is 3.25.